The van der Waals surface area contributed by atoms with E-state index in [4.69, 9.17) is 0 Å². The van der Waals surface area contributed by atoms with E-state index < -0.39 is 0 Å². The number of rotatable bonds is 4. The second-order valence-electron chi connectivity index (χ2n) is 5.94. The van der Waals surface area contributed by atoms with Crippen molar-refractivity contribution < 1.29 is 9.59 Å². The molecule has 0 unspecified atom stereocenters. The maximum absolute atomic E-state index is 12.3. The van der Waals surface area contributed by atoms with E-state index in [0.717, 1.165) is 23.2 Å². The molecule has 0 bridgehead atoms. The Labute approximate surface area is 126 Å². The number of nitrogens with zero attached hydrogens (tertiary/aromatic N) is 1. The molecule has 2 rings (SSSR count). The van der Waals surface area contributed by atoms with Crippen molar-refractivity contribution >= 4 is 17.5 Å². The summed E-state index contributed by atoms with van der Waals surface area (Å²) in [5.41, 5.74) is 3.19. The molecule has 1 aromatic carbocycles. The van der Waals surface area contributed by atoms with Gasteiger partial charge in [0.15, 0.2) is 0 Å². The highest BCUT2D eigenvalue weighted by Gasteiger charge is 2.35. The molecular formula is C17H24N2O2. The minimum Gasteiger partial charge on any atom is -0.353 e. The number of hydrogen-bond donors (Lipinski definition) is 1. The number of amides is 2. The Balaban J connectivity index is 2.13. The average molecular weight is 288 g/mol. The van der Waals surface area contributed by atoms with Crippen molar-refractivity contribution in [3.8, 4) is 0 Å². The molecule has 0 aromatic heterocycles. The number of nitrogens with one attached hydrogen (secondary N) is 1. The summed E-state index contributed by atoms with van der Waals surface area (Å²) in [4.78, 5) is 26.2. The van der Waals surface area contributed by atoms with Crippen LogP contribution in [0.2, 0.25) is 0 Å². The fourth-order valence-electron chi connectivity index (χ4n) is 2.61. The summed E-state index contributed by atoms with van der Waals surface area (Å²) in [6, 6.07) is 6.10. The van der Waals surface area contributed by atoms with Gasteiger partial charge in [0.05, 0.1) is 5.92 Å². The number of anilines is 1. The van der Waals surface area contributed by atoms with E-state index in [1.54, 1.807) is 4.90 Å². The van der Waals surface area contributed by atoms with Crippen LogP contribution in [0.1, 0.15) is 37.8 Å². The van der Waals surface area contributed by atoms with E-state index in [2.05, 4.69) is 5.32 Å². The summed E-state index contributed by atoms with van der Waals surface area (Å²) in [6.07, 6.45) is 1.20. The zero-order chi connectivity index (χ0) is 15.6. The lowest BCUT2D eigenvalue weighted by Crippen LogP contribution is -2.38. The molecule has 21 heavy (non-hydrogen) atoms. The Morgan fingerprint density at radius 3 is 2.81 bits per heavy atom. The summed E-state index contributed by atoms with van der Waals surface area (Å²) in [6.45, 7) is 8.55. The Bertz CT molecular complexity index is 554. The van der Waals surface area contributed by atoms with Gasteiger partial charge in [0, 0.05) is 24.7 Å². The highest BCUT2D eigenvalue weighted by molar-refractivity contribution is 6.00. The van der Waals surface area contributed by atoms with Gasteiger partial charge in [-0.05, 0) is 44.4 Å². The molecule has 0 aliphatic carbocycles. The van der Waals surface area contributed by atoms with Crippen molar-refractivity contribution in [2.24, 2.45) is 5.92 Å². The molecule has 1 aliphatic rings. The minimum absolute atomic E-state index is 0.00879. The van der Waals surface area contributed by atoms with Crippen molar-refractivity contribution in [1.82, 2.24) is 5.32 Å². The number of benzene rings is 1. The van der Waals surface area contributed by atoms with Crippen LogP contribution in [0.25, 0.3) is 0 Å². The molecule has 4 nitrogen and oxygen atoms in total. The lowest BCUT2D eigenvalue weighted by atomic mass is 10.1. The summed E-state index contributed by atoms with van der Waals surface area (Å²) in [5, 5.41) is 2.97. The first kappa shape index (κ1) is 15.5. The number of aryl methyl sites for hydroxylation is 1. The predicted octanol–water partition coefficient (Wildman–Crippen LogP) is 2.57. The SMILES string of the molecule is CC[C@@H](C)NC(=O)[C@H]1CC(=O)N(c2cccc(C)c2C)C1. The van der Waals surface area contributed by atoms with E-state index in [0.29, 0.717) is 13.0 Å². The monoisotopic (exact) mass is 288 g/mol. The van der Waals surface area contributed by atoms with Crippen molar-refractivity contribution in [1.29, 1.82) is 0 Å². The zero-order valence-corrected chi connectivity index (χ0v) is 13.3. The molecule has 114 valence electrons. The minimum atomic E-state index is -0.244. The van der Waals surface area contributed by atoms with Crippen LogP contribution < -0.4 is 10.2 Å². The van der Waals surface area contributed by atoms with Crippen LogP contribution >= 0.6 is 0 Å². The molecule has 2 atom stereocenters. The Kier molecular flexibility index (Phi) is 4.66. The number of carbonyl (C=O) groups is 2. The molecule has 1 aliphatic heterocycles. The second-order valence-corrected chi connectivity index (χ2v) is 5.94. The highest BCUT2D eigenvalue weighted by Crippen LogP contribution is 2.29. The first-order chi connectivity index (χ1) is 9.93. The van der Waals surface area contributed by atoms with Crippen LogP contribution in [0, 0.1) is 19.8 Å². The topological polar surface area (TPSA) is 49.4 Å². The smallest absolute Gasteiger partial charge is 0.227 e. The van der Waals surface area contributed by atoms with Crippen LogP contribution in [0.3, 0.4) is 0 Å². The van der Waals surface area contributed by atoms with Gasteiger partial charge in [0.25, 0.3) is 0 Å². The summed E-state index contributed by atoms with van der Waals surface area (Å²) >= 11 is 0. The second kappa shape index (κ2) is 6.29. The van der Waals surface area contributed by atoms with Gasteiger partial charge in [-0.15, -0.1) is 0 Å². The fourth-order valence-corrected chi connectivity index (χ4v) is 2.61. The molecule has 0 saturated carbocycles. The Morgan fingerprint density at radius 2 is 2.14 bits per heavy atom. The molecule has 1 N–H and O–H groups in total. The summed E-state index contributed by atoms with van der Waals surface area (Å²) in [7, 11) is 0. The standard InChI is InChI=1S/C17H24N2O2/c1-5-12(3)18-17(21)14-9-16(20)19(10-14)15-8-6-7-11(2)13(15)4/h6-8,12,14H,5,9-10H2,1-4H3,(H,18,21)/t12-,14+/m1/s1. The quantitative estimate of drug-likeness (QED) is 0.925. The van der Waals surface area contributed by atoms with Gasteiger partial charge in [0.1, 0.15) is 0 Å². The van der Waals surface area contributed by atoms with Crippen LogP contribution in [-0.4, -0.2) is 24.4 Å². The van der Waals surface area contributed by atoms with Crippen LogP contribution in [-0.2, 0) is 9.59 Å². The molecule has 1 saturated heterocycles. The van der Waals surface area contributed by atoms with E-state index in [9.17, 15) is 9.59 Å². The summed E-state index contributed by atoms with van der Waals surface area (Å²) < 4.78 is 0. The van der Waals surface area contributed by atoms with Crippen molar-refractivity contribution in [2.75, 3.05) is 11.4 Å². The van der Waals surface area contributed by atoms with E-state index in [1.165, 1.54) is 0 Å². The number of carbonyl (C=O) groups excluding carboxylic acids is 2. The van der Waals surface area contributed by atoms with Gasteiger partial charge in [-0.2, -0.15) is 0 Å². The Hall–Kier alpha value is -1.84. The van der Waals surface area contributed by atoms with Gasteiger partial charge >= 0.3 is 0 Å². The fraction of sp³-hybridized carbons (Fsp3) is 0.529. The van der Waals surface area contributed by atoms with Crippen LogP contribution in [0.4, 0.5) is 5.69 Å². The number of hydrogen-bond acceptors (Lipinski definition) is 2. The highest BCUT2D eigenvalue weighted by atomic mass is 16.2. The molecule has 1 aromatic rings. The maximum atomic E-state index is 12.3. The third kappa shape index (κ3) is 3.26. The van der Waals surface area contributed by atoms with Crippen molar-refractivity contribution in [3.05, 3.63) is 29.3 Å². The molecule has 1 heterocycles. The van der Waals surface area contributed by atoms with Gasteiger partial charge < -0.3 is 10.2 Å². The molecule has 4 heteroatoms. The van der Waals surface area contributed by atoms with Crippen LogP contribution in [0.5, 0.6) is 0 Å². The first-order valence-electron chi connectivity index (χ1n) is 7.61. The van der Waals surface area contributed by atoms with E-state index in [-0.39, 0.29) is 23.8 Å². The zero-order valence-electron chi connectivity index (χ0n) is 13.3. The van der Waals surface area contributed by atoms with E-state index in [1.807, 2.05) is 45.9 Å². The molecule has 1 fully saturated rings. The van der Waals surface area contributed by atoms with E-state index >= 15 is 0 Å². The van der Waals surface area contributed by atoms with Gasteiger partial charge in [-0.1, -0.05) is 19.1 Å². The Morgan fingerprint density at radius 1 is 1.43 bits per heavy atom. The predicted molar refractivity (Wildman–Crippen MR) is 84.3 cm³/mol. The van der Waals surface area contributed by atoms with Gasteiger partial charge in [-0.25, -0.2) is 0 Å². The third-order valence-electron chi connectivity index (χ3n) is 4.36. The lowest BCUT2D eigenvalue weighted by molar-refractivity contribution is -0.126. The van der Waals surface area contributed by atoms with Crippen molar-refractivity contribution in [2.45, 2.75) is 46.6 Å². The largest absolute Gasteiger partial charge is 0.353 e. The molecule has 2 amide bonds. The van der Waals surface area contributed by atoms with Gasteiger partial charge in [0.2, 0.25) is 11.8 Å². The molecule has 0 spiro atoms. The molecular weight excluding hydrogens is 264 g/mol. The normalized spacial score (nSPS) is 19.7. The molecule has 0 radical (unpaired) electrons. The summed E-state index contributed by atoms with van der Waals surface area (Å²) in [5.74, 6) is -0.218. The lowest BCUT2D eigenvalue weighted by Gasteiger charge is -2.20. The van der Waals surface area contributed by atoms with Gasteiger partial charge in [-0.3, -0.25) is 9.59 Å². The first-order valence-corrected chi connectivity index (χ1v) is 7.61. The van der Waals surface area contributed by atoms with Crippen LogP contribution in [0.15, 0.2) is 18.2 Å². The third-order valence-corrected chi connectivity index (χ3v) is 4.36. The average Bonchev–Trinajstić information content (AvgIpc) is 2.83. The van der Waals surface area contributed by atoms with Crippen molar-refractivity contribution in [3.63, 3.8) is 0 Å². The maximum Gasteiger partial charge on any atom is 0.227 e.